The molecule has 1 aromatic heterocycles. The number of carbonyl (C=O) groups is 1. The maximum atomic E-state index is 10.4. The van der Waals surface area contributed by atoms with Crippen molar-refractivity contribution in [3.63, 3.8) is 0 Å². The van der Waals surface area contributed by atoms with Gasteiger partial charge < -0.3 is 23.8 Å². The molecular weight excluding hydrogens is 286 g/mol. The van der Waals surface area contributed by atoms with E-state index in [0.29, 0.717) is 24.6 Å². The number of carboxylic acids is 1. The van der Waals surface area contributed by atoms with Gasteiger partial charge in [-0.3, -0.25) is 0 Å². The molecule has 1 heterocycles. The zero-order valence-corrected chi connectivity index (χ0v) is 12.8. The normalized spacial score (nSPS) is 10.5. The molecule has 0 fully saturated rings. The maximum Gasteiger partial charge on any atom is 0.308 e. The number of ether oxygens (including phenoxy) is 2. The van der Waals surface area contributed by atoms with Gasteiger partial charge in [-0.1, -0.05) is 19.1 Å². The van der Waals surface area contributed by atoms with Crippen molar-refractivity contribution < 1.29 is 23.8 Å². The molecule has 0 aliphatic heterocycles. The molecule has 0 radical (unpaired) electrons. The molecule has 118 valence electrons. The summed E-state index contributed by atoms with van der Waals surface area (Å²) in [5.41, 5.74) is 0.295. The van der Waals surface area contributed by atoms with E-state index in [9.17, 15) is 9.90 Å². The van der Waals surface area contributed by atoms with Crippen LogP contribution in [0, 0.1) is 10.4 Å². The molecular formula is C16H18NO5-. The zero-order valence-electron chi connectivity index (χ0n) is 12.8. The smallest absolute Gasteiger partial charge is 0.308 e. The molecule has 1 aromatic rings. The van der Waals surface area contributed by atoms with Crippen molar-refractivity contribution in [2.24, 2.45) is 0 Å². The van der Waals surface area contributed by atoms with Gasteiger partial charge in [-0.25, -0.2) is 4.98 Å². The van der Waals surface area contributed by atoms with E-state index in [1.54, 1.807) is 14.0 Å². The molecule has 0 saturated heterocycles. The number of aryl methyl sites for hydroxylation is 1. The Morgan fingerprint density at radius 2 is 2.14 bits per heavy atom. The lowest BCUT2D eigenvalue weighted by Crippen LogP contribution is -2.24. The SMILES string of the molecule is CCOc1oc(CC)nc1CC(=O)[O-].COc1cc2ccc1=2. The highest BCUT2D eigenvalue weighted by Gasteiger charge is 2.13. The highest BCUT2D eigenvalue weighted by molar-refractivity contribution is 5.67. The first-order valence-electron chi connectivity index (χ1n) is 7.08. The zero-order chi connectivity index (χ0) is 16.1. The molecule has 22 heavy (non-hydrogen) atoms. The summed E-state index contributed by atoms with van der Waals surface area (Å²) in [4.78, 5) is 14.3. The van der Waals surface area contributed by atoms with Crippen molar-refractivity contribution >= 4 is 5.97 Å². The van der Waals surface area contributed by atoms with E-state index in [-0.39, 0.29) is 12.4 Å². The van der Waals surface area contributed by atoms with E-state index in [2.05, 4.69) is 17.1 Å². The molecule has 3 rings (SSSR count). The topological polar surface area (TPSA) is 84.6 Å². The van der Waals surface area contributed by atoms with Crippen LogP contribution in [0.15, 0.2) is 22.6 Å². The summed E-state index contributed by atoms with van der Waals surface area (Å²) in [6.07, 6.45) is 0.325. The summed E-state index contributed by atoms with van der Waals surface area (Å²) >= 11 is 0. The van der Waals surface area contributed by atoms with Crippen LogP contribution in [0.1, 0.15) is 25.4 Å². The van der Waals surface area contributed by atoms with Crippen molar-refractivity contribution in [2.45, 2.75) is 26.7 Å². The minimum Gasteiger partial charge on any atom is -0.550 e. The van der Waals surface area contributed by atoms with Gasteiger partial charge in [-0.15, -0.1) is 0 Å². The minimum atomic E-state index is -1.19. The monoisotopic (exact) mass is 304 g/mol. The summed E-state index contributed by atoms with van der Waals surface area (Å²) in [6, 6.07) is 6.18. The number of carbonyl (C=O) groups excluding carboxylic acids is 1. The quantitative estimate of drug-likeness (QED) is 0.681. The summed E-state index contributed by atoms with van der Waals surface area (Å²) in [5.74, 6) is 0.502. The summed E-state index contributed by atoms with van der Waals surface area (Å²) in [6.45, 7) is 4.07. The molecule has 2 aliphatic carbocycles. The fraction of sp³-hybridized carbons (Fsp3) is 0.375. The Labute approximate surface area is 128 Å². The fourth-order valence-corrected chi connectivity index (χ4v) is 1.95. The van der Waals surface area contributed by atoms with Gasteiger partial charge in [0.25, 0.3) is 0 Å². The molecule has 6 nitrogen and oxygen atoms in total. The van der Waals surface area contributed by atoms with Crippen LogP contribution in [0.5, 0.6) is 11.7 Å². The summed E-state index contributed by atoms with van der Waals surface area (Å²) in [5, 5.41) is 13.0. The number of methoxy groups -OCH3 is 1. The third kappa shape index (κ3) is 3.39. The Morgan fingerprint density at radius 1 is 1.36 bits per heavy atom. The van der Waals surface area contributed by atoms with Crippen molar-refractivity contribution in [1.29, 1.82) is 0 Å². The van der Waals surface area contributed by atoms with E-state index < -0.39 is 5.97 Å². The van der Waals surface area contributed by atoms with E-state index in [1.165, 1.54) is 10.4 Å². The first kappa shape index (κ1) is 15.9. The molecule has 0 aromatic carbocycles. The highest BCUT2D eigenvalue weighted by Crippen LogP contribution is 2.22. The molecule has 2 aliphatic rings. The Bertz CT molecular complexity index is 750. The predicted molar refractivity (Wildman–Crippen MR) is 76.4 cm³/mol. The van der Waals surface area contributed by atoms with Gasteiger partial charge in [0.15, 0.2) is 5.89 Å². The van der Waals surface area contributed by atoms with E-state index in [0.717, 1.165) is 5.75 Å². The van der Waals surface area contributed by atoms with Crippen molar-refractivity contribution in [1.82, 2.24) is 4.98 Å². The number of rotatable bonds is 6. The van der Waals surface area contributed by atoms with Gasteiger partial charge in [0.05, 0.1) is 13.7 Å². The first-order valence-corrected chi connectivity index (χ1v) is 7.08. The number of aliphatic carboxylic acids is 1. The summed E-state index contributed by atoms with van der Waals surface area (Å²) in [7, 11) is 1.70. The first-order chi connectivity index (χ1) is 10.6. The van der Waals surface area contributed by atoms with Gasteiger partial charge in [0.2, 0.25) is 0 Å². The van der Waals surface area contributed by atoms with Crippen LogP contribution in [0.4, 0.5) is 0 Å². The minimum absolute atomic E-state index is 0.188. The number of hydrogen-bond acceptors (Lipinski definition) is 6. The largest absolute Gasteiger partial charge is 0.550 e. The standard InChI is InChI=1S/C9H13NO4.C7H6O/c1-3-7-10-6(5-8(11)12)9(14-7)13-4-2;1-8-7-4-5-2-3-6(5)7/h3-5H2,1-2H3,(H,11,12);2-4H,1H3/p-1. The van der Waals surface area contributed by atoms with Crippen LogP contribution >= 0.6 is 0 Å². The molecule has 0 N–H and O–H groups in total. The van der Waals surface area contributed by atoms with Crippen LogP contribution < -0.4 is 14.6 Å². The second kappa shape index (κ2) is 6.98. The van der Waals surface area contributed by atoms with Gasteiger partial charge >= 0.3 is 5.95 Å². The molecule has 0 atom stereocenters. The molecule has 0 bridgehead atoms. The van der Waals surface area contributed by atoms with E-state index in [4.69, 9.17) is 13.9 Å². The lowest BCUT2D eigenvalue weighted by atomic mass is 10.1. The molecule has 0 spiro atoms. The van der Waals surface area contributed by atoms with Crippen molar-refractivity contribution in [3.05, 3.63) is 40.2 Å². The fourth-order valence-electron chi connectivity index (χ4n) is 1.95. The molecule has 0 saturated carbocycles. The van der Waals surface area contributed by atoms with Crippen LogP contribution in [0.25, 0.3) is 0 Å². The number of oxazole rings is 1. The Morgan fingerprint density at radius 3 is 2.50 bits per heavy atom. The Kier molecular flexibility index (Phi) is 5.04. The molecule has 0 unspecified atom stereocenters. The Balaban J connectivity index is 0.000000183. The van der Waals surface area contributed by atoms with Crippen molar-refractivity contribution in [2.75, 3.05) is 13.7 Å². The predicted octanol–water partition coefficient (Wildman–Crippen LogP) is 1.22. The lowest BCUT2D eigenvalue weighted by molar-refractivity contribution is -0.304. The van der Waals surface area contributed by atoms with Gasteiger partial charge in [0, 0.05) is 24.0 Å². The van der Waals surface area contributed by atoms with Gasteiger partial charge in [0.1, 0.15) is 11.4 Å². The van der Waals surface area contributed by atoms with Gasteiger partial charge in [-0.2, -0.15) is 0 Å². The molecule has 0 amide bonds. The van der Waals surface area contributed by atoms with E-state index >= 15 is 0 Å². The van der Waals surface area contributed by atoms with Crippen LogP contribution in [0.2, 0.25) is 0 Å². The Hall–Kier alpha value is -2.50. The van der Waals surface area contributed by atoms with Crippen molar-refractivity contribution in [3.8, 4) is 11.7 Å². The summed E-state index contributed by atoms with van der Waals surface area (Å²) < 4.78 is 15.3. The third-order valence-electron chi connectivity index (χ3n) is 3.11. The second-order valence-electron chi connectivity index (χ2n) is 4.59. The average Bonchev–Trinajstić information content (AvgIpc) is 2.84. The van der Waals surface area contributed by atoms with Crippen LogP contribution in [0.3, 0.4) is 0 Å². The highest BCUT2D eigenvalue weighted by atomic mass is 16.6. The lowest BCUT2D eigenvalue weighted by Gasteiger charge is -2.08. The second-order valence-corrected chi connectivity index (χ2v) is 4.59. The van der Waals surface area contributed by atoms with Crippen LogP contribution in [-0.4, -0.2) is 24.7 Å². The van der Waals surface area contributed by atoms with Gasteiger partial charge in [-0.05, 0) is 18.2 Å². The third-order valence-corrected chi connectivity index (χ3v) is 3.11. The van der Waals surface area contributed by atoms with E-state index in [1.807, 2.05) is 13.0 Å². The van der Waals surface area contributed by atoms with Crippen LogP contribution in [-0.2, 0) is 17.6 Å². The maximum absolute atomic E-state index is 10.4. The number of nitrogens with zero attached hydrogens (tertiary/aromatic N) is 1. The average molecular weight is 304 g/mol. The molecule has 6 heteroatoms. The number of benzene rings is 1. The number of aromatic nitrogens is 1. The number of carboxylic acid groups (broad SMARTS) is 1. The number of hydrogen-bond donors (Lipinski definition) is 0.